The fourth-order valence-corrected chi connectivity index (χ4v) is 3.72. The van der Waals surface area contributed by atoms with E-state index in [-0.39, 0.29) is 0 Å². The summed E-state index contributed by atoms with van der Waals surface area (Å²) in [5.41, 5.74) is 4.28. The molecule has 2 aromatic rings. The van der Waals surface area contributed by atoms with Gasteiger partial charge in [-0.3, -0.25) is 4.90 Å². The monoisotopic (exact) mass is 293 g/mol. The molecule has 0 N–H and O–H groups in total. The molecule has 2 atom stereocenters. The van der Waals surface area contributed by atoms with Crippen molar-refractivity contribution in [3.05, 3.63) is 71.3 Å². The van der Waals surface area contributed by atoms with Crippen LogP contribution in [0.4, 0.5) is 0 Å². The van der Waals surface area contributed by atoms with E-state index in [1.807, 2.05) is 0 Å². The van der Waals surface area contributed by atoms with Gasteiger partial charge in [0.15, 0.2) is 0 Å². The molecule has 0 radical (unpaired) electrons. The Balaban J connectivity index is 1.74. The molecule has 1 nitrogen and oxygen atoms in total. The Labute approximate surface area is 135 Å². The van der Waals surface area contributed by atoms with Gasteiger partial charge in [0.2, 0.25) is 0 Å². The van der Waals surface area contributed by atoms with Crippen molar-refractivity contribution in [1.29, 1.82) is 0 Å². The number of benzene rings is 2. The fourth-order valence-electron chi connectivity index (χ4n) is 3.72. The lowest BCUT2D eigenvalue weighted by atomic mass is 9.82. The topological polar surface area (TPSA) is 3.24 Å². The molecule has 1 heteroatoms. The van der Waals surface area contributed by atoms with Gasteiger partial charge in [0.25, 0.3) is 0 Å². The summed E-state index contributed by atoms with van der Waals surface area (Å²) in [5, 5.41) is 0. The van der Waals surface area contributed by atoms with E-state index in [2.05, 4.69) is 80.3 Å². The Bertz CT molecular complexity index is 585. The average molecular weight is 293 g/mol. The van der Waals surface area contributed by atoms with Gasteiger partial charge in [-0.05, 0) is 29.9 Å². The van der Waals surface area contributed by atoms with Crippen LogP contribution in [0.3, 0.4) is 0 Å². The maximum atomic E-state index is 2.63. The smallest absolute Gasteiger partial charge is 0.0234 e. The first-order valence-electron chi connectivity index (χ1n) is 8.46. The highest BCUT2D eigenvalue weighted by Crippen LogP contribution is 2.37. The van der Waals surface area contributed by atoms with E-state index in [0.717, 1.165) is 18.4 Å². The van der Waals surface area contributed by atoms with E-state index < -0.39 is 0 Å². The van der Waals surface area contributed by atoms with E-state index in [1.54, 1.807) is 0 Å². The Kier molecular flexibility index (Phi) is 4.63. The minimum Gasteiger partial charge on any atom is -0.298 e. The van der Waals surface area contributed by atoms with Gasteiger partial charge in [0.05, 0.1) is 0 Å². The summed E-state index contributed by atoms with van der Waals surface area (Å²) >= 11 is 0. The molecule has 0 bridgehead atoms. The second kappa shape index (κ2) is 6.66. The lowest BCUT2D eigenvalue weighted by Crippen LogP contribution is -2.21. The van der Waals surface area contributed by atoms with Crippen LogP contribution in [-0.2, 0) is 6.54 Å². The second-order valence-electron chi connectivity index (χ2n) is 7.10. The molecule has 0 aromatic heterocycles. The van der Waals surface area contributed by atoms with E-state index in [0.29, 0.717) is 5.92 Å². The van der Waals surface area contributed by atoms with E-state index in [9.17, 15) is 0 Å². The molecular formula is C21H27N. The summed E-state index contributed by atoms with van der Waals surface area (Å²) in [6, 6.07) is 20.1. The van der Waals surface area contributed by atoms with Crippen LogP contribution in [0.1, 0.15) is 36.5 Å². The molecule has 1 saturated heterocycles. The molecule has 1 fully saturated rings. The van der Waals surface area contributed by atoms with Gasteiger partial charge >= 0.3 is 0 Å². The summed E-state index contributed by atoms with van der Waals surface area (Å²) in [6.45, 7) is 10.4. The minimum atomic E-state index is 0.673. The predicted molar refractivity (Wildman–Crippen MR) is 94.0 cm³/mol. The third-order valence-electron chi connectivity index (χ3n) is 5.05. The number of likely N-dealkylation sites (tertiary alicyclic amines) is 1. The Morgan fingerprint density at radius 3 is 2.27 bits per heavy atom. The van der Waals surface area contributed by atoms with Crippen molar-refractivity contribution in [1.82, 2.24) is 4.90 Å². The normalized spacial score (nSPS) is 22.4. The Hall–Kier alpha value is -1.60. The van der Waals surface area contributed by atoms with Crippen LogP contribution in [0.2, 0.25) is 0 Å². The maximum Gasteiger partial charge on any atom is 0.0234 e. The molecule has 2 unspecified atom stereocenters. The SMILES string of the molecule is Cc1ccc(CN2CC(c3ccccc3)C(C(C)C)C2)cc1. The van der Waals surface area contributed by atoms with Crippen LogP contribution >= 0.6 is 0 Å². The average Bonchev–Trinajstić information content (AvgIpc) is 2.95. The van der Waals surface area contributed by atoms with Gasteiger partial charge in [-0.2, -0.15) is 0 Å². The van der Waals surface area contributed by atoms with Crippen molar-refractivity contribution in [2.24, 2.45) is 11.8 Å². The fraction of sp³-hybridized carbons (Fsp3) is 0.429. The van der Waals surface area contributed by atoms with E-state index in [1.165, 1.54) is 29.8 Å². The van der Waals surface area contributed by atoms with Crippen LogP contribution in [0.5, 0.6) is 0 Å². The van der Waals surface area contributed by atoms with Crippen LogP contribution in [-0.4, -0.2) is 18.0 Å². The number of rotatable bonds is 4. The van der Waals surface area contributed by atoms with Crippen LogP contribution in [0, 0.1) is 18.8 Å². The molecule has 22 heavy (non-hydrogen) atoms. The van der Waals surface area contributed by atoms with Crippen LogP contribution in [0.15, 0.2) is 54.6 Å². The van der Waals surface area contributed by atoms with Crippen molar-refractivity contribution in [2.75, 3.05) is 13.1 Å². The Morgan fingerprint density at radius 1 is 0.955 bits per heavy atom. The van der Waals surface area contributed by atoms with Crippen molar-refractivity contribution < 1.29 is 0 Å². The Morgan fingerprint density at radius 2 is 1.64 bits per heavy atom. The number of hydrogen-bond acceptors (Lipinski definition) is 1. The molecule has 3 rings (SSSR count). The molecule has 0 amide bonds. The lowest BCUT2D eigenvalue weighted by molar-refractivity contribution is 0.296. The zero-order chi connectivity index (χ0) is 15.5. The molecule has 1 aliphatic rings. The van der Waals surface area contributed by atoms with E-state index >= 15 is 0 Å². The zero-order valence-electron chi connectivity index (χ0n) is 14.0. The van der Waals surface area contributed by atoms with Gasteiger partial charge in [0, 0.05) is 25.6 Å². The lowest BCUT2D eigenvalue weighted by Gasteiger charge is -2.22. The number of hydrogen-bond donors (Lipinski definition) is 0. The summed E-state index contributed by atoms with van der Waals surface area (Å²) in [4.78, 5) is 2.63. The molecular weight excluding hydrogens is 266 g/mol. The molecule has 2 aromatic carbocycles. The molecule has 1 heterocycles. The summed E-state index contributed by atoms with van der Waals surface area (Å²) in [7, 11) is 0. The number of aryl methyl sites for hydroxylation is 1. The first-order chi connectivity index (χ1) is 10.6. The van der Waals surface area contributed by atoms with Crippen LogP contribution in [0.25, 0.3) is 0 Å². The van der Waals surface area contributed by atoms with Crippen molar-refractivity contribution in [2.45, 2.75) is 33.2 Å². The summed E-state index contributed by atoms with van der Waals surface area (Å²) < 4.78 is 0. The maximum absolute atomic E-state index is 2.63. The zero-order valence-corrected chi connectivity index (χ0v) is 14.0. The predicted octanol–water partition coefficient (Wildman–Crippen LogP) is 4.87. The van der Waals surface area contributed by atoms with Crippen molar-refractivity contribution in [3.8, 4) is 0 Å². The highest BCUT2D eigenvalue weighted by Gasteiger charge is 2.35. The quantitative estimate of drug-likeness (QED) is 0.777. The molecule has 0 spiro atoms. The van der Waals surface area contributed by atoms with Gasteiger partial charge in [-0.25, -0.2) is 0 Å². The summed E-state index contributed by atoms with van der Waals surface area (Å²) in [5.74, 6) is 2.16. The third-order valence-corrected chi connectivity index (χ3v) is 5.05. The van der Waals surface area contributed by atoms with Crippen LogP contribution < -0.4 is 0 Å². The largest absolute Gasteiger partial charge is 0.298 e. The number of nitrogens with zero attached hydrogens (tertiary/aromatic N) is 1. The van der Waals surface area contributed by atoms with Gasteiger partial charge in [0.1, 0.15) is 0 Å². The molecule has 116 valence electrons. The summed E-state index contributed by atoms with van der Waals surface area (Å²) in [6.07, 6.45) is 0. The second-order valence-corrected chi connectivity index (χ2v) is 7.10. The van der Waals surface area contributed by atoms with Gasteiger partial charge < -0.3 is 0 Å². The molecule has 0 aliphatic carbocycles. The molecule has 1 aliphatic heterocycles. The highest BCUT2D eigenvalue weighted by molar-refractivity contribution is 5.24. The third kappa shape index (κ3) is 3.41. The van der Waals surface area contributed by atoms with E-state index in [4.69, 9.17) is 0 Å². The van der Waals surface area contributed by atoms with Gasteiger partial charge in [-0.15, -0.1) is 0 Å². The van der Waals surface area contributed by atoms with Gasteiger partial charge in [-0.1, -0.05) is 74.0 Å². The molecule has 0 saturated carbocycles. The standard InChI is InChI=1S/C21H27N/c1-16(2)20-14-22(13-18-11-9-17(3)10-12-18)15-21(20)19-7-5-4-6-8-19/h4-12,16,20-21H,13-15H2,1-3H3. The van der Waals surface area contributed by atoms with Crippen molar-refractivity contribution >= 4 is 0 Å². The first-order valence-corrected chi connectivity index (χ1v) is 8.46. The highest BCUT2D eigenvalue weighted by atomic mass is 15.2. The van der Waals surface area contributed by atoms with Crippen molar-refractivity contribution in [3.63, 3.8) is 0 Å². The first kappa shape index (κ1) is 15.3. The minimum absolute atomic E-state index is 0.673.